The van der Waals surface area contributed by atoms with Crippen molar-refractivity contribution in [2.45, 2.75) is 81.8 Å². The van der Waals surface area contributed by atoms with Crippen molar-refractivity contribution in [2.24, 2.45) is 0 Å². The maximum absolute atomic E-state index is 12.6. The van der Waals surface area contributed by atoms with Crippen LogP contribution < -0.4 is 16.4 Å². The van der Waals surface area contributed by atoms with Crippen molar-refractivity contribution < 1.29 is 24.2 Å². The molecule has 2 heterocycles. The van der Waals surface area contributed by atoms with E-state index in [9.17, 15) is 14.7 Å². The van der Waals surface area contributed by atoms with Crippen molar-refractivity contribution in [2.75, 3.05) is 16.8 Å². The highest BCUT2D eigenvalue weighted by Crippen LogP contribution is 2.40. The summed E-state index contributed by atoms with van der Waals surface area (Å²) in [7, 11) is 0. The van der Waals surface area contributed by atoms with Crippen molar-refractivity contribution >= 4 is 35.0 Å². The summed E-state index contributed by atoms with van der Waals surface area (Å²) in [6.45, 7) is 0.427. The number of aliphatic hydroxyl groups is 1. The van der Waals surface area contributed by atoms with Gasteiger partial charge in [-0.05, 0) is 71.0 Å². The summed E-state index contributed by atoms with van der Waals surface area (Å²) < 4.78 is 13.1. The van der Waals surface area contributed by atoms with Gasteiger partial charge in [-0.15, -0.1) is 0 Å². The zero-order valence-electron chi connectivity index (χ0n) is 30.2. The lowest BCUT2D eigenvalue weighted by Gasteiger charge is -2.36. The molecule has 1 saturated heterocycles. The number of para-hydroxylation sites is 2. The largest absolute Gasteiger partial charge is 0.397 e. The summed E-state index contributed by atoms with van der Waals surface area (Å²) in [5.41, 5.74) is 12.9. The number of thioether (sulfide) groups is 1. The van der Waals surface area contributed by atoms with Gasteiger partial charge < -0.3 is 30.9 Å². The molecule has 1 fully saturated rings. The normalized spacial score (nSPS) is 16.8. The number of nitrogens with two attached hydrogens (primary N) is 1. The van der Waals surface area contributed by atoms with Crippen LogP contribution >= 0.6 is 11.8 Å². The molecule has 1 aromatic heterocycles. The summed E-state index contributed by atoms with van der Waals surface area (Å²) in [5.74, 6) is 0.634. The molecular formula is C43H47N5O5S. The first kappa shape index (κ1) is 38.6. The number of aliphatic hydroxyl groups excluding tert-OH is 1. The Bertz CT molecular complexity index is 1960. The summed E-state index contributed by atoms with van der Waals surface area (Å²) in [5, 5.41) is 16.2. The minimum absolute atomic E-state index is 0.00873. The molecule has 2 amide bonds. The van der Waals surface area contributed by atoms with Crippen molar-refractivity contribution in [1.29, 1.82) is 0 Å². The molecular weight excluding hydrogens is 699 g/mol. The third-order valence-electron chi connectivity index (χ3n) is 9.26. The van der Waals surface area contributed by atoms with Gasteiger partial charge in [-0.2, -0.15) is 0 Å². The summed E-state index contributed by atoms with van der Waals surface area (Å²) >= 11 is 1.56. The highest BCUT2D eigenvalue weighted by Gasteiger charge is 2.32. The average Bonchev–Trinajstić information content (AvgIpc) is 3.22. The van der Waals surface area contributed by atoms with Gasteiger partial charge >= 0.3 is 0 Å². The second kappa shape index (κ2) is 19.8. The number of carbonyl (C=O) groups excluding carboxylic acids is 2. The molecule has 0 unspecified atom stereocenters. The Balaban J connectivity index is 1.00. The molecule has 0 saturated carbocycles. The number of hydrogen-bond acceptors (Lipinski definition) is 9. The van der Waals surface area contributed by atoms with Crippen LogP contribution in [0, 0.1) is 0 Å². The SMILES string of the molecule is Nc1ccccc1NC(=O)CCCCCCC(=O)NCc1cccc(-c2cccc([C@H]3O[C@@H](CSc4ncccn4)C[C@@H](c4ccc(CO)cc4)O3)c2)c1. The van der Waals surface area contributed by atoms with Gasteiger partial charge in [-0.3, -0.25) is 9.59 Å². The van der Waals surface area contributed by atoms with Gasteiger partial charge in [0.15, 0.2) is 11.4 Å². The van der Waals surface area contributed by atoms with Crippen molar-refractivity contribution in [3.05, 3.63) is 138 Å². The number of unbranched alkanes of at least 4 members (excludes halogenated alkanes) is 3. The average molecular weight is 746 g/mol. The number of ether oxygens (including phenoxy) is 2. The highest BCUT2D eigenvalue weighted by atomic mass is 32.2. The molecule has 0 aliphatic carbocycles. The van der Waals surface area contributed by atoms with Gasteiger partial charge in [0.25, 0.3) is 0 Å². The number of nitrogen functional groups attached to an aromatic ring is 1. The van der Waals surface area contributed by atoms with Crippen LogP contribution in [0.2, 0.25) is 0 Å². The van der Waals surface area contributed by atoms with Crippen LogP contribution in [0.1, 0.15) is 79.6 Å². The van der Waals surface area contributed by atoms with Crippen LogP contribution in [0.3, 0.4) is 0 Å². The molecule has 5 aromatic rings. The fraction of sp³-hybridized carbons (Fsp3) is 0.302. The molecule has 0 spiro atoms. The van der Waals surface area contributed by atoms with Gasteiger partial charge in [-0.25, -0.2) is 9.97 Å². The number of rotatable bonds is 17. The van der Waals surface area contributed by atoms with Crippen LogP contribution in [-0.2, 0) is 32.2 Å². The Morgan fingerprint density at radius 3 is 2.24 bits per heavy atom. The molecule has 11 heteroatoms. The molecule has 3 atom stereocenters. The minimum Gasteiger partial charge on any atom is -0.397 e. The maximum Gasteiger partial charge on any atom is 0.224 e. The first-order valence-corrected chi connectivity index (χ1v) is 19.4. The number of hydrogen-bond donors (Lipinski definition) is 4. The molecule has 4 aromatic carbocycles. The Hall–Kier alpha value is -5.07. The standard InChI is InChI=1S/C43H47N5O5S/c44-37-14-5-6-15-38(37)48-41(51)17-4-2-1-3-16-40(50)47-27-31-10-7-11-33(24-31)34-12-8-13-35(25-34)42-52-36(29-54-43-45-22-9-23-46-43)26-39(53-42)32-20-18-30(28-49)19-21-32/h5-15,18-25,36,39,42,49H,1-4,16-17,26-29,44H2,(H,47,50)(H,48,51)/t36-,39+,42+/m1/s1. The molecule has 5 N–H and O–H groups in total. The zero-order valence-corrected chi connectivity index (χ0v) is 31.0. The Kier molecular flexibility index (Phi) is 14.2. The first-order chi connectivity index (χ1) is 26.4. The second-order valence-electron chi connectivity index (χ2n) is 13.3. The van der Waals surface area contributed by atoms with Crippen LogP contribution in [0.5, 0.6) is 0 Å². The van der Waals surface area contributed by atoms with Crippen LogP contribution in [0.15, 0.2) is 121 Å². The molecule has 0 bridgehead atoms. The van der Waals surface area contributed by atoms with Crippen molar-refractivity contribution in [1.82, 2.24) is 15.3 Å². The Morgan fingerprint density at radius 2 is 1.48 bits per heavy atom. The van der Waals surface area contributed by atoms with E-state index in [4.69, 9.17) is 15.2 Å². The number of nitrogens with zero attached hydrogens (tertiary/aromatic N) is 2. The van der Waals surface area contributed by atoms with Gasteiger partial charge in [0.1, 0.15) is 0 Å². The quantitative estimate of drug-likeness (QED) is 0.0320. The lowest BCUT2D eigenvalue weighted by atomic mass is 9.99. The number of benzene rings is 4. The number of nitrogens with one attached hydrogen (secondary N) is 2. The van der Waals surface area contributed by atoms with E-state index in [0.29, 0.717) is 48.1 Å². The van der Waals surface area contributed by atoms with E-state index in [1.54, 1.807) is 42.4 Å². The van der Waals surface area contributed by atoms with Crippen molar-refractivity contribution in [3.8, 4) is 11.1 Å². The van der Waals surface area contributed by atoms with Gasteiger partial charge in [-0.1, -0.05) is 97.4 Å². The first-order valence-electron chi connectivity index (χ1n) is 18.4. The lowest BCUT2D eigenvalue weighted by molar-refractivity contribution is -0.245. The Morgan fingerprint density at radius 1 is 0.759 bits per heavy atom. The molecule has 1 aliphatic rings. The van der Waals surface area contributed by atoms with E-state index in [0.717, 1.165) is 59.1 Å². The molecule has 10 nitrogen and oxygen atoms in total. The predicted octanol–water partition coefficient (Wildman–Crippen LogP) is 8.15. The molecule has 54 heavy (non-hydrogen) atoms. The predicted molar refractivity (Wildman–Crippen MR) is 212 cm³/mol. The van der Waals surface area contributed by atoms with Gasteiger partial charge in [0.05, 0.1) is 30.2 Å². The number of amides is 2. The lowest BCUT2D eigenvalue weighted by Crippen LogP contribution is -2.31. The Labute approximate surface area is 320 Å². The van der Waals surface area contributed by atoms with E-state index in [1.165, 1.54) is 0 Å². The van der Waals surface area contributed by atoms with Crippen LogP contribution in [-0.4, -0.2) is 38.7 Å². The topological polar surface area (TPSA) is 149 Å². The molecule has 0 radical (unpaired) electrons. The second-order valence-corrected chi connectivity index (χ2v) is 14.3. The summed E-state index contributed by atoms with van der Waals surface area (Å²) in [6, 6.07) is 33.3. The third-order valence-corrected chi connectivity index (χ3v) is 10.3. The zero-order chi connectivity index (χ0) is 37.5. The van der Waals surface area contributed by atoms with E-state index in [1.807, 2.05) is 60.7 Å². The summed E-state index contributed by atoms with van der Waals surface area (Å²) in [6.07, 6.45) is 7.42. The minimum atomic E-state index is -0.586. The van der Waals surface area contributed by atoms with Crippen molar-refractivity contribution in [3.63, 3.8) is 0 Å². The van der Waals surface area contributed by atoms with Crippen LogP contribution in [0.25, 0.3) is 11.1 Å². The van der Waals surface area contributed by atoms with E-state index in [-0.39, 0.29) is 30.6 Å². The monoisotopic (exact) mass is 745 g/mol. The van der Waals surface area contributed by atoms with Gasteiger partial charge in [0, 0.05) is 49.5 Å². The van der Waals surface area contributed by atoms with E-state index in [2.05, 4.69) is 44.9 Å². The van der Waals surface area contributed by atoms with Crippen LogP contribution in [0.4, 0.5) is 11.4 Å². The highest BCUT2D eigenvalue weighted by molar-refractivity contribution is 7.99. The summed E-state index contributed by atoms with van der Waals surface area (Å²) in [4.78, 5) is 33.6. The smallest absolute Gasteiger partial charge is 0.224 e. The molecule has 1 aliphatic heterocycles. The number of aromatic nitrogens is 2. The van der Waals surface area contributed by atoms with Gasteiger partial charge in [0.2, 0.25) is 11.8 Å². The fourth-order valence-corrected chi connectivity index (χ4v) is 7.13. The van der Waals surface area contributed by atoms with E-state index >= 15 is 0 Å². The molecule has 280 valence electrons. The third kappa shape index (κ3) is 11.5. The number of anilines is 2. The fourth-order valence-electron chi connectivity index (χ4n) is 6.31. The maximum atomic E-state index is 12.6. The van der Waals surface area contributed by atoms with E-state index < -0.39 is 6.29 Å². The molecule has 6 rings (SSSR count). The number of carbonyl (C=O) groups is 2.